The molecule has 2 aliphatic rings. The SMILES string of the molecule is Cc1ccnn1-c1cc(CN2CCC3(C=CC(=O)N3c3cccc(F)c3)CC2C)ccc1O.O=C(O)/C=C/C(=O)O. The number of carbonyl (C=O) groups excluding carboxylic acids is 1. The Hall–Kier alpha value is -4.77. The van der Waals surface area contributed by atoms with Gasteiger partial charge in [-0.15, -0.1) is 0 Å². The lowest BCUT2D eigenvalue weighted by molar-refractivity contribution is -0.134. The maximum atomic E-state index is 13.9. The number of likely N-dealkylation sites (tertiary alicyclic amines) is 1. The molecule has 2 aromatic carbocycles. The lowest BCUT2D eigenvalue weighted by Gasteiger charge is -2.47. The number of hydrogen-bond donors (Lipinski definition) is 3. The van der Waals surface area contributed by atoms with Gasteiger partial charge in [-0.05, 0) is 68.7 Å². The van der Waals surface area contributed by atoms with Crippen molar-refractivity contribution in [2.24, 2.45) is 0 Å². The van der Waals surface area contributed by atoms with Crippen LogP contribution in [0.2, 0.25) is 0 Å². The fourth-order valence-corrected chi connectivity index (χ4v) is 5.32. The van der Waals surface area contributed by atoms with Crippen LogP contribution in [0.1, 0.15) is 31.0 Å². The summed E-state index contributed by atoms with van der Waals surface area (Å²) in [5, 5.41) is 30.3. The van der Waals surface area contributed by atoms with E-state index in [2.05, 4.69) is 16.9 Å². The van der Waals surface area contributed by atoms with Crippen LogP contribution >= 0.6 is 0 Å². The molecule has 1 saturated heterocycles. The van der Waals surface area contributed by atoms with E-state index in [1.165, 1.54) is 12.1 Å². The van der Waals surface area contributed by atoms with Crippen LogP contribution in [0.25, 0.3) is 5.69 Å². The van der Waals surface area contributed by atoms with Gasteiger partial charge in [0.05, 0.1) is 5.54 Å². The largest absolute Gasteiger partial charge is 0.506 e. The van der Waals surface area contributed by atoms with E-state index in [0.717, 1.165) is 37.2 Å². The first-order valence-electron chi connectivity index (χ1n) is 13.0. The van der Waals surface area contributed by atoms with Gasteiger partial charge in [-0.2, -0.15) is 5.10 Å². The van der Waals surface area contributed by atoms with E-state index in [0.29, 0.717) is 23.5 Å². The van der Waals surface area contributed by atoms with Crippen molar-refractivity contribution in [2.45, 2.75) is 44.8 Å². The fraction of sp³-hybridized carbons (Fsp3) is 0.267. The van der Waals surface area contributed by atoms with Crippen molar-refractivity contribution in [3.05, 3.63) is 96.1 Å². The molecule has 2 unspecified atom stereocenters. The molecule has 3 heterocycles. The summed E-state index contributed by atoms with van der Waals surface area (Å²) in [7, 11) is 0. The Morgan fingerprint density at radius 1 is 1.12 bits per heavy atom. The average molecular weight is 563 g/mol. The molecule has 5 rings (SSSR count). The number of nitrogens with zero attached hydrogens (tertiary/aromatic N) is 4. The Morgan fingerprint density at radius 3 is 2.46 bits per heavy atom. The number of rotatable bonds is 6. The monoisotopic (exact) mass is 562 g/mol. The molecule has 2 aliphatic heterocycles. The molecular weight excluding hydrogens is 531 g/mol. The minimum Gasteiger partial charge on any atom is -0.506 e. The summed E-state index contributed by atoms with van der Waals surface area (Å²) in [5.41, 5.74) is 2.86. The Labute approximate surface area is 236 Å². The summed E-state index contributed by atoms with van der Waals surface area (Å²) in [6, 6.07) is 14.0. The van der Waals surface area contributed by atoms with Crippen LogP contribution in [0.3, 0.4) is 0 Å². The number of aromatic nitrogens is 2. The summed E-state index contributed by atoms with van der Waals surface area (Å²) in [6.45, 7) is 5.64. The van der Waals surface area contributed by atoms with Crippen LogP contribution in [0, 0.1) is 12.7 Å². The fourth-order valence-electron chi connectivity index (χ4n) is 5.32. The minimum absolute atomic E-state index is 0.0981. The minimum atomic E-state index is -1.26. The number of halogens is 1. The third kappa shape index (κ3) is 6.69. The van der Waals surface area contributed by atoms with Crippen molar-refractivity contribution < 1.29 is 34.1 Å². The number of phenolic OH excluding ortho intramolecular Hbond substituents is 1. The first kappa shape index (κ1) is 29.2. The van der Waals surface area contributed by atoms with Gasteiger partial charge in [-0.1, -0.05) is 18.2 Å². The summed E-state index contributed by atoms with van der Waals surface area (Å²) < 4.78 is 15.6. The number of aromatic hydroxyl groups is 1. The molecule has 11 heteroatoms. The maximum Gasteiger partial charge on any atom is 0.328 e. The topological polar surface area (TPSA) is 136 Å². The van der Waals surface area contributed by atoms with Gasteiger partial charge in [0.1, 0.15) is 17.3 Å². The van der Waals surface area contributed by atoms with Gasteiger partial charge in [0.15, 0.2) is 0 Å². The maximum absolute atomic E-state index is 13.9. The number of carboxylic acids is 2. The molecule has 0 radical (unpaired) electrons. The van der Waals surface area contributed by atoms with E-state index < -0.39 is 17.5 Å². The zero-order valence-corrected chi connectivity index (χ0v) is 22.6. The third-order valence-corrected chi connectivity index (χ3v) is 7.23. The molecule has 1 amide bonds. The molecule has 1 spiro atoms. The van der Waals surface area contributed by atoms with E-state index in [9.17, 15) is 23.9 Å². The van der Waals surface area contributed by atoms with Gasteiger partial charge in [0, 0.05) is 54.9 Å². The highest BCUT2D eigenvalue weighted by atomic mass is 19.1. The second-order valence-corrected chi connectivity index (χ2v) is 10.1. The van der Waals surface area contributed by atoms with Crippen molar-refractivity contribution in [3.63, 3.8) is 0 Å². The van der Waals surface area contributed by atoms with Crippen molar-refractivity contribution >= 4 is 23.5 Å². The highest BCUT2D eigenvalue weighted by Gasteiger charge is 2.46. The van der Waals surface area contributed by atoms with Gasteiger partial charge in [0.25, 0.3) is 5.91 Å². The predicted octanol–water partition coefficient (Wildman–Crippen LogP) is 4.06. The lowest BCUT2D eigenvalue weighted by atomic mass is 9.82. The Bertz CT molecular complexity index is 1500. The Balaban J connectivity index is 0.000000426. The van der Waals surface area contributed by atoms with Crippen molar-refractivity contribution in [2.75, 3.05) is 11.4 Å². The number of amides is 1. The first-order chi connectivity index (χ1) is 19.5. The summed E-state index contributed by atoms with van der Waals surface area (Å²) in [4.78, 5) is 36.0. The van der Waals surface area contributed by atoms with Gasteiger partial charge in [-0.3, -0.25) is 14.6 Å². The molecule has 2 atom stereocenters. The molecule has 0 saturated carbocycles. The third-order valence-electron chi connectivity index (χ3n) is 7.23. The van der Waals surface area contributed by atoms with E-state index in [-0.39, 0.29) is 23.5 Å². The zero-order chi connectivity index (χ0) is 29.7. The second kappa shape index (κ2) is 12.2. The molecule has 0 bridgehead atoms. The molecule has 0 aliphatic carbocycles. The zero-order valence-electron chi connectivity index (χ0n) is 22.6. The standard InChI is InChI=1S/C26H27FN4O2.C4H4O4/c1-18-9-12-28-31(18)23-14-20(6-7-24(23)32)17-29-13-11-26(16-19(29)2)10-8-25(33)30(26)22-5-3-4-21(27)15-22;5-3(6)1-2-4(7)8/h3-10,12,14-15,19,32H,11,13,16-17H2,1-2H3;1-2H,(H,5,6)(H,7,8)/b;2-1+. The molecule has 214 valence electrons. The molecule has 1 aromatic heterocycles. The van der Waals surface area contributed by atoms with Crippen LogP contribution < -0.4 is 4.90 Å². The number of carbonyl (C=O) groups is 3. The molecular formula is C30H31FN4O6. The van der Waals surface area contributed by atoms with Crippen LogP contribution in [0.5, 0.6) is 5.75 Å². The number of benzene rings is 2. The summed E-state index contributed by atoms with van der Waals surface area (Å²) >= 11 is 0. The van der Waals surface area contributed by atoms with E-state index >= 15 is 0 Å². The van der Waals surface area contributed by atoms with E-state index in [4.69, 9.17) is 10.2 Å². The summed E-state index contributed by atoms with van der Waals surface area (Å²) in [6.07, 6.45) is 7.96. The van der Waals surface area contributed by atoms with Crippen LogP contribution in [-0.4, -0.2) is 66.0 Å². The summed E-state index contributed by atoms with van der Waals surface area (Å²) in [5.74, 6) is -2.77. The number of anilines is 1. The molecule has 10 nitrogen and oxygen atoms in total. The second-order valence-electron chi connectivity index (χ2n) is 10.1. The van der Waals surface area contributed by atoms with Crippen molar-refractivity contribution in [1.29, 1.82) is 0 Å². The van der Waals surface area contributed by atoms with E-state index in [1.54, 1.807) is 40.1 Å². The number of aliphatic carboxylic acids is 2. The molecule has 1 fully saturated rings. The van der Waals surface area contributed by atoms with Gasteiger partial charge in [-0.25, -0.2) is 18.7 Å². The van der Waals surface area contributed by atoms with Crippen LogP contribution in [0.15, 0.2) is 79.0 Å². The highest BCUT2D eigenvalue weighted by molar-refractivity contribution is 6.06. The molecule has 3 aromatic rings. The highest BCUT2D eigenvalue weighted by Crippen LogP contribution is 2.41. The van der Waals surface area contributed by atoms with Gasteiger partial charge in [0.2, 0.25) is 0 Å². The van der Waals surface area contributed by atoms with Crippen molar-refractivity contribution in [1.82, 2.24) is 14.7 Å². The quantitative estimate of drug-likeness (QED) is 0.383. The van der Waals surface area contributed by atoms with Crippen LogP contribution in [-0.2, 0) is 20.9 Å². The van der Waals surface area contributed by atoms with Gasteiger partial charge >= 0.3 is 11.9 Å². The Kier molecular flexibility index (Phi) is 8.68. The number of hydrogen-bond acceptors (Lipinski definition) is 6. The van der Waals surface area contributed by atoms with Crippen LogP contribution in [0.4, 0.5) is 10.1 Å². The van der Waals surface area contributed by atoms with Gasteiger partial charge < -0.3 is 15.3 Å². The normalized spacial score (nSPS) is 20.4. The van der Waals surface area contributed by atoms with E-state index in [1.807, 2.05) is 31.2 Å². The lowest BCUT2D eigenvalue weighted by Crippen LogP contribution is -2.56. The molecule has 41 heavy (non-hydrogen) atoms. The van der Waals surface area contributed by atoms with Crippen molar-refractivity contribution in [3.8, 4) is 11.4 Å². The number of piperidine rings is 1. The number of aryl methyl sites for hydroxylation is 1. The number of phenols is 1. The molecule has 3 N–H and O–H groups in total. The Morgan fingerprint density at radius 2 is 1.85 bits per heavy atom. The first-order valence-corrected chi connectivity index (χ1v) is 13.0. The predicted molar refractivity (Wildman–Crippen MR) is 149 cm³/mol. The number of carboxylic acid groups (broad SMARTS) is 2. The average Bonchev–Trinajstić information content (AvgIpc) is 3.48. The smallest absolute Gasteiger partial charge is 0.328 e.